The van der Waals surface area contributed by atoms with Crippen LogP contribution in [0.15, 0.2) is 24.3 Å². The van der Waals surface area contributed by atoms with Crippen LogP contribution < -0.4 is 10.6 Å². The molecule has 0 atom stereocenters. The number of carbonyl (C=O) groups is 2. The third-order valence-electron chi connectivity index (χ3n) is 5.40. The molecule has 1 saturated heterocycles. The number of hydrogen-bond acceptors (Lipinski definition) is 4. The number of piperidine rings is 1. The van der Waals surface area contributed by atoms with Gasteiger partial charge in [-0.3, -0.25) is 9.59 Å². The summed E-state index contributed by atoms with van der Waals surface area (Å²) in [7, 11) is 0. The monoisotopic (exact) mass is 376 g/mol. The van der Waals surface area contributed by atoms with E-state index in [1.807, 2.05) is 36.0 Å². The zero-order valence-corrected chi connectivity index (χ0v) is 15.9. The number of aliphatic carboxylic acids is 1. The first-order valence-corrected chi connectivity index (χ1v) is 10.6. The normalized spacial score (nSPS) is 24.2. The summed E-state index contributed by atoms with van der Waals surface area (Å²) in [4.78, 5) is 23.4. The van der Waals surface area contributed by atoms with Crippen molar-refractivity contribution in [1.82, 2.24) is 10.6 Å². The highest BCUT2D eigenvalue weighted by Crippen LogP contribution is 2.26. The lowest BCUT2D eigenvalue weighted by atomic mass is 9.86. The van der Waals surface area contributed by atoms with Crippen LogP contribution in [0.25, 0.3) is 0 Å². The van der Waals surface area contributed by atoms with Crippen LogP contribution in [0.4, 0.5) is 0 Å². The summed E-state index contributed by atoms with van der Waals surface area (Å²) in [5.41, 5.74) is 1.94. The molecule has 0 radical (unpaired) electrons. The molecule has 1 aliphatic carbocycles. The van der Waals surface area contributed by atoms with Gasteiger partial charge in [0.05, 0.1) is 5.92 Å². The maximum absolute atomic E-state index is 12.4. The second-order valence-corrected chi connectivity index (χ2v) is 8.61. The molecule has 26 heavy (non-hydrogen) atoms. The highest BCUT2D eigenvalue weighted by Gasteiger charge is 2.26. The topological polar surface area (TPSA) is 78.4 Å². The Morgan fingerprint density at radius 1 is 1.04 bits per heavy atom. The van der Waals surface area contributed by atoms with E-state index in [1.54, 1.807) is 0 Å². The predicted octanol–water partition coefficient (Wildman–Crippen LogP) is 3.05. The SMILES string of the molecule is O=C(NC1CCC(C(=O)O)CC1)c1ccc(CSC2CCNCC2)cc1. The van der Waals surface area contributed by atoms with Crippen molar-refractivity contribution in [3.8, 4) is 0 Å². The standard InChI is InChI=1S/C20H28N2O3S/c23-19(22-17-7-5-16(6-8-17)20(24)25)15-3-1-14(2-4-15)13-26-18-9-11-21-12-10-18/h1-4,16-18,21H,5-13H2,(H,22,23)(H,24,25). The average Bonchev–Trinajstić information content (AvgIpc) is 2.68. The second kappa shape index (κ2) is 9.42. The van der Waals surface area contributed by atoms with Crippen LogP contribution in [0, 0.1) is 5.92 Å². The number of nitrogens with one attached hydrogen (secondary N) is 2. The summed E-state index contributed by atoms with van der Waals surface area (Å²) in [5, 5.41) is 16.2. The molecule has 3 N–H and O–H groups in total. The van der Waals surface area contributed by atoms with Gasteiger partial charge in [-0.2, -0.15) is 11.8 Å². The summed E-state index contributed by atoms with van der Waals surface area (Å²) in [5.74, 6) is -0.0277. The molecule has 1 aliphatic heterocycles. The van der Waals surface area contributed by atoms with Gasteiger partial charge in [-0.15, -0.1) is 0 Å². The van der Waals surface area contributed by atoms with E-state index in [4.69, 9.17) is 5.11 Å². The maximum Gasteiger partial charge on any atom is 0.306 e. The van der Waals surface area contributed by atoms with Gasteiger partial charge >= 0.3 is 5.97 Å². The lowest BCUT2D eigenvalue weighted by Gasteiger charge is -2.26. The van der Waals surface area contributed by atoms with Gasteiger partial charge in [0.2, 0.25) is 0 Å². The first kappa shape index (κ1) is 19.2. The third kappa shape index (κ3) is 5.48. The number of carboxylic acids is 1. The van der Waals surface area contributed by atoms with Crippen LogP contribution >= 0.6 is 11.8 Å². The van der Waals surface area contributed by atoms with E-state index in [1.165, 1.54) is 18.4 Å². The molecular weight excluding hydrogens is 348 g/mol. The van der Waals surface area contributed by atoms with Crippen molar-refractivity contribution in [3.05, 3.63) is 35.4 Å². The van der Waals surface area contributed by atoms with E-state index >= 15 is 0 Å². The molecule has 0 spiro atoms. The lowest BCUT2D eigenvalue weighted by molar-refractivity contribution is -0.142. The van der Waals surface area contributed by atoms with Crippen molar-refractivity contribution in [3.63, 3.8) is 0 Å². The van der Waals surface area contributed by atoms with E-state index in [-0.39, 0.29) is 17.9 Å². The number of rotatable bonds is 6. The number of carbonyl (C=O) groups excluding carboxylic acids is 1. The molecular formula is C20H28N2O3S. The molecule has 0 unspecified atom stereocenters. The Morgan fingerprint density at radius 2 is 1.69 bits per heavy atom. The second-order valence-electron chi connectivity index (χ2n) is 7.32. The fourth-order valence-electron chi connectivity index (χ4n) is 3.68. The van der Waals surface area contributed by atoms with E-state index < -0.39 is 5.97 Å². The van der Waals surface area contributed by atoms with Crippen LogP contribution in [-0.4, -0.2) is 41.4 Å². The van der Waals surface area contributed by atoms with Gasteiger partial charge in [0, 0.05) is 22.6 Å². The molecule has 3 rings (SSSR count). The zero-order valence-electron chi connectivity index (χ0n) is 15.1. The van der Waals surface area contributed by atoms with Crippen LogP contribution in [0.1, 0.15) is 54.4 Å². The minimum Gasteiger partial charge on any atom is -0.481 e. The summed E-state index contributed by atoms with van der Waals surface area (Å²) < 4.78 is 0. The van der Waals surface area contributed by atoms with Crippen molar-refractivity contribution in [2.24, 2.45) is 5.92 Å². The minimum atomic E-state index is -0.715. The van der Waals surface area contributed by atoms with Gasteiger partial charge < -0.3 is 15.7 Å². The van der Waals surface area contributed by atoms with Gasteiger partial charge in [-0.1, -0.05) is 12.1 Å². The first-order valence-electron chi connectivity index (χ1n) is 9.57. The van der Waals surface area contributed by atoms with Gasteiger partial charge in [0.25, 0.3) is 5.91 Å². The molecule has 142 valence electrons. The molecule has 1 aromatic carbocycles. The molecule has 6 heteroatoms. The number of hydrogen-bond donors (Lipinski definition) is 3. The zero-order chi connectivity index (χ0) is 18.4. The van der Waals surface area contributed by atoms with Crippen molar-refractivity contribution in [1.29, 1.82) is 0 Å². The van der Waals surface area contributed by atoms with E-state index in [0.29, 0.717) is 18.4 Å². The predicted molar refractivity (Wildman–Crippen MR) is 104 cm³/mol. The van der Waals surface area contributed by atoms with Crippen molar-refractivity contribution in [2.45, 2.75) is 55.6 Å². The summed E-state index contributed by atoms with van der Waals surface area (Å²) >= 11 is 2.01. The van der Waals surface area contributed by atoms with Gasteiger partial charge in [-0.25, -0.2) is 0 Å². The van der Waals surface area contributed by atoms with Gasteiger partial charge in [-0.05, 0) is 69.3 Å². The average molecular weight is 377 g/mol. The molecule has 1 saturated carbocycles. The molecule has 5 nitrogen and oxygen atoms in total. The fraction of sp³-hybridized carbons (Fsp3) is 0.600. The Bertz CT molecular complexity index is 606. The molecule has 2 aliphatic rings. The van der Waals surface area contributed by atoms with Gasteiger partial charge in [0.15, 0.2) is 0 Å². The summed E-state index contributed by atoms with van der Waals surface area (Å²) in [6.07, 6.45) is 5.24. The number of carboxylic acid groups (broad SMARTS) is 1. The van der Waals surface area contributed by atoms with Crippen molar-refractivity contribution < 1.29 is 14.7 Å². The highest BCUT2D eigenvalue weighted by molar-refractivity contribution is 7.99. The Morgan fingerprint density at radius 3 is 2.31 bits per heavy atom. The Labute approximate surface area is 159 Å². The van der Waals surface area contributed by atoms with Gasteiger partial charge in [0.1, 0.15) is 0 Å². The van der Waals surface area contributed by atoms with Crippen LogP contribution in [0.5, 0.6) is 0 Å². The van der Waals surface area contributed by atoms with E-state index in [0.717, 1.165) is 36.9 Å². The van der Waals surface area contributed by atoms with Crippen LogP contribution in [0.3, 0.4) is 0 Å². The molecule has 0 aromatic heterocycles. The molecule has 1 aromatic rings. The lowest BCUT2D eigenvalue weighted by Crippen LogP contribution is -2.38. The van der Waals surface area contributed by atoms with Crippen LogP contribution in [0.2, 0.25) is 0 Å². The molecule has 2 fully saturated rings. The highest BCUT2D eigenvalue weighted by atomic mass is 32.2. The Hall–Kier alpha value is -1.53. The van der Waals surface area contributed by atoms with Crippen molar-refractivity contribution >= 4 is 23.6 Å². The quantitative estimate of drug-likeness (QED) is 0.711. The summed E-state index contributed by atoms with van der Waals surface area (Å²) in [6.45, 7) is 2.23. The van der Waals surface area contributed by atoms with Crippen molar-refractivity contribution in [2.75, 3.05) is 13.1 Å². The number of thioether (sulfide) groups is 1. The Balaban J connectivity index is 1.44. The Kier molecular flexibility index (Phi) is 6.97. The van der Waals surface area contributed by atoms with E-state index in [9.17, 15) is 9.59 Å². The number of benzene rings is 1. The summed E-state index contributed by atoms with van der Waals surface area (Å²) in [6, 6.07) is 7.98. The largest absolute Gasteiger partial charge is 0.481 e. The minimum absolute atomic E-state index is 0.0543. The first-order chi connectivity index (χ1) is 12.6. The van der Waals surface area contributed by atoms with E-state index in [2.05, 4.69) is 10.6 Å². The molecule has 1 heterocycles. The number of amides is 1. The van der Waals surface area contributed by atoms with Crippen LogP contribution in [-0.2, 0) is 10.5 Å². The fourth-order valence-corrected chi connectivity index (χ4v) is 4.87. The maximum atomic E-state index is 12.4. The third-order valence-corrected chi connectivity index (χ3v) is 6.84. The molecule has 0 bridgehead atoms. The smallest absolute Gasteiger partial charge is 0.306 e. The molecule has 1 amide bonds.